The first-order chi connectivity index (χ1) is 11.5. The van der Waals surface area contributed by atoms with E-state index in [1.807, 2.05) is 25.1 Å². The predicted molar refractivity (Wildman–Crippen MR) is 107 cm³/mol. The third-order valence-corrected chi connectivity index (χ3v) is 6.06. The molecule has 0 aliphatic carbocycles. The summed E-state index contributed by atoms with van der Waals surface area (Å²) >= 11 is 15.0. The number of fused-ring (bicyclic) bond motifs is 1. The molecule has 124 valence electrons. The molecule has 7 heteroatoms. The smallest absolute Gasteiger partial charge is 0.237 e. The molecular weight excluding hydrogens is 383 g/mol. The highest BCUT2D eigenvalue weighted by atomic mass is 35.5. The van der Waals surface area contributed by atoms with Crippen LogP contribution in [0, 0.1) is 0 Å². The lowest BCUT2D eigenvalue weighted by Crippen LogP contribution is -2.23. The van der Waals surface area contributed by atoms with Gasteiger partial charge >= 0.3 is 0 Å². The molecule has 24 heavy (non-hydrogen) atoms. The highest BCUT2D eigenvalue weighted by molar-refractivity contribution is 8.39. The van der Waals surface area contributed by atoms with Gasteiger partial charge < -0.3 is 5.32 Å². The highest BCUT2D eigenvalue weighted by Crippen LogP contribution is 2.36. The van der Waals surface area contributed by atoms with Crippen molar-refractivity contribution in [3.05, 3.63) is 58.1 Å². The van der Waals surface area contributed by atoms with Crippen LogP contribution in [0.1, 0.15) is 12.5 Å². The van der Waals surface area contributed by atoms with Gasteiger partial charge in [0.2, 0.25) is 5.91 Å². The van der Waals surface area contributed by atoms with E-state index in [2.05, 4.69) is 16.4 Å². The van der Waals surface area contributed by atoms with Gasteiger partial charge in [-0.2, -0.15) is 0 Å². The molecule has 1 N–H and O–H groups in total. The summed E-state index contributed by atoms with van der Waals surface area (Å²) in [4.78, 5) is 17.0. The number of rotatable bonds is 3. The molecule has 2 aromatic carbocycles. The number of thioether (sulfide) groups is 2. The monoisotopic (exact) mass is 396 g/mol. The topological polar surface area (TPSA) is 41.5 Å². The summed E-state index contributed by atoms with van der Waals surface area (Å²) in [5.41, 5.74) is 2.79. The number of para-hydroxylation sites is 1. The van der Waals surface area contributed by atoms with Gasteiger partial charge in [-0.1, -0.05) is 64.9 Å². The molecule has 0 unspecified atom stereocenters. The molecule has 1 atom stereocenters. The second kappa shape index (κ2) is 7.83. The van der Waals surface area contributed by atoms with Gasteiger partial charge in [-0.3, -0.25) is 4.79 Å². The van der Waals surface area contributed by atoms with Crippen molar-refractivity contribution < 1.29 is 4.79 Å². The van der Waals surface area contributed by atoms with E-state index in [1.54, 1.807) is 30.0 Å². The Morgan fingerprint density at radius 3 is 2.71 bits per heavy atom. The summed E-state index contributed by atoms with van der Waals surface area (Å²) in [6, 6.07) is 13.0. The van der Waals surface area contributed by atoms with Gasteiger partial charge in [0.25, 0.3) is 0 Å². The van der Waals surface area contributed by atoms with E-state index in [0.29, 0.717) is 15.7 Å². The van der Waals surface area contributed by atoms with Gasteiger partial charge in [0.05, 0.1) is 10.9 Å². The van der Waals surface area contributed by atoms with Crippen molar-refractivity contribution >= 4 is 68.4 Å². The zero-order valence-electron chi connectivity index (χ0n) is 12.8. The van der Waals surface area contributed by atoms with Gasteiger partial charge in [0.15, 0.2) is 0 Å². The lowest BCUT2D eigenvalue weighted by atomic mass is 10.2. The highest BCUT2D eigenvalue weighted by Gasteiger charge is 2.20. The van der Waals surface area contributed by atoms with Crippen LogP contribution in [0.25, 0.3) is 0 Å². The number of carbonyl (C=O) groups excluding carboxylic acids is 1. The first kappa shape index (κ1) is 17.7. The van der Waals surface area contributed by atoms with Crippen molar-refractivity contribution in [1.82, 2.24) is 0 Å². The van der Waals surface area contributed by atoms with Crippen molar-refractivity contribution in [1.29, 1.82) is 0 Å². The van der Waals surface area contributed by atoms with Crippen LogP contribution >= 0.6 is 46.7 Å². The van der Waals surface area contributed by atoms with Gasteiger partial charge in [-0.05, 0) is 36.8 Å². The lowest BCUT2D eigenvalue weighted by Gasteiger charge is -2.17. The number of amides is 1. The Bertz CT molecular complexity index is 791. The van der Waals surface area contributed by atoms with E-state index in [0.717, 1.165) is 15.8 Å². The van der Waals surface area contributed by atoms with Crippen LogP contribution < -0.4 is 5.32 Å². The molecule has 1 amide bonds. The zero-order valence-corrected chi connectivity index (χ0v) is 15.9. The lowest BCUT2D eigenvalue weighted by molar-refractivity contribution is -0.115. The van der Waals surface area contributed by atoms with Gasteiger partial charge in [-0.15, -0.1) is 0 Å². The summed E-state index contributed by atoms with van der Waals surface area (Å²) in [5, 5.41) is 3.54. The first-order valence-corrected chi connectivity index (χ1v) is 9.86. The Kier molecular flexibility index (Phi) is 5.76. The van der Waals surface area contributed by atoms with Crippen LogP contribution in [-0.4, -0.2) is 15.5 Å². The van der Waals surface area contributed by atoms with E-state index < -0.39 is 0 Å². The normalized spacial score (nSPS) is 14.5. The molecule has 0 bridgehead atoms. The van der Waals surface area contributed by atoms with Crippen molar-refractivity contribution in [3.8, 4) is 0 Å². The minimum Gasteiger partial charge on any atom is -0.325 e. The maximum atomic E-state index is 12.4. The molecule has 0 aromatic heterocycles. The molecule has 0 spiro atoms. The summed E-state index contributed by atoms with van der Waals surface area (Å²) in [7, 11) is 0. The fraction of sp³-hybridized carbons (Fsp3) is 0.176. The fourth-order valence-electron chi connectivity index (χ4n) is 2.15. The molecule has 0 radical (unpaired) electrons. The molecule has 0 saturated carbocycles. The van der Waals surface area contributed by atoms with E-state index in [-0.39, 0.29) is 11.2 Å². The number of aliphatic imine (C=N–C) groups is 1. The largest absolute Gasteiger partial charge is 0.325 e. The maximum absolute atomic E-state index is 12.4. The maximum Gasteiger partial charge on any atom is 0.237 e. The van der Waals surface area contributed by atoms with Crippen molar-refractivity contribution in [3.63, 3.8) is 0 Å². The number of halogens is 2. The Morgan fingerprint density at radius 2 is 1.96 bits per heavy atom. The average Bonchev–Trinajstić information content (AvgIpc) is 2.53. The van der Waals surface area contributed by atoms with E-state index in [9.17, 15) is 4.79 Å². The number of hydrogen-bond donors (Lipinski definition) is 1. The summed E-state index contributed by atoms with van der Waals surface area (Å²) in [5.74, 6) is 0.765. The summed E-state index contributed by atoms with van der Waals surface area (Å²) < 4.78 is 0.903. The van der Waals surface area contributed by atoms with Crippen LogP contribution in [0.5, 0.6) is 0 Å². The van der Waals surface area contributed by atoms with Gasteiger partial charge in [-0.25, -0.2) is 4.99 Å². The van der Waals surface area contributed by atoms with Crippen molar-refractivity contribution in [2.24, 2.45) is 4.99 Å². The molecule has 0 saturated heterocycles. The fourth-order valence-corrected chi connectivity index (χ4v) is 4.86. The number of hydrogen-bond acceptors (Lipinski definition) is 4. The first-order valence-electron chi connectivity index (χ1n) is 7.24. The molecule has 3 nitrogen and oxygen atoms in total. The van der Waals surface area contributed by atoms with Crippen molar-refractivity contribution in [2.75, 3.05) is 5.32 Å². The SMILES string of the molecule is C[C@@H](SC1=Nc2ccccc2CS1)C(=O)Nc1cc(Cl)cc(Cl)c1. The van der Waals surface area contributed by atoms with E-state index in [4.69, 9.17) is 23.2 Å². The Morgan fingerprint density at radius 1 is 1.25 bits per heavy atom. The molecule has 1 heterocycles. The van der Waals surface area contributed by atoms with Crippen LogP contribution in [0.15, 0.2) is 47.5 Å². The summed E-state index contributed by atoms with van der Waals surface area (Å²) in [6.07, 6.45) is 0. The van der Waals surface area contributed by atoms with Gasteiger partial charge in [0, 0.05) is 21.5 Å². The van der Waals surface area contributed by atoms with E-state index in [1.165, 1.54) is 17.3 Å². The Labute approximate surface area is 159 Å². The van der Waals surface area contributed by atoms with Crippen LogP contribution in [0.2, 0.25) is 10.0 Å². The van der Waals surface area contributed by atoms with Crippen molar-refractivity contribution in [2.45, 2.75) is 17.9 Å². The summed E-state index contributed by atoms with van der Waals surface area (Å²) in [6.45, 7) is 1.86. The van der Waals surface area contributed by atoms with Crippen LogP contribution in [0.4, 0.5) is 11.4 Å². The molecule has 2 aromatic rings. The molecule has 0 fully saturated rings. The standard InChI is InChI=1S/C17H14Cl2N2OS2/c1-10(16(22)20-14-7-12(18)6-13(19)8-14)24-17-21-15-5-3-2-4-11(15)9-23-17/h2-8,10H,9H2,1H3,(H,20,22)/t10-/m1/s1. The van der Waals surface area contributed by atoms with E-state index >= 15 is 0 Å². The second-order valence-electron chi connectivity index (χ2n) is 5.20. The number of nitrogens with zero attached hydrogens (tertiary/aromatic N) is 1. The Balaban J connectivity index is 1.65. The molecule has 3 rings (SSSR count). The average molecular weight is 397 g/mol. The quantitative estimate of drug-likeness (QED) is 0.692. The van der Waals surface area contributed by atoms with Crippen LogP contribution in [-0.2, 0) is 10.5 Å². The zero-order chi connectivity index (χ0) is 17.1. The minimum absolute atomic E-state index is 0.111. The predicted octanol–water partition coefficient (Wildman–Crippen LogP) is 5.99. The number of benzene rings is 2. The number of carbonyl (C=O) groups is 1. The second-order valence-corrected chi connectivity index (χ2v) is 8.63. The Hall–Kier alpha value is -1.14. The van der Waals surface area contributed by atoms with Gasteiger partial charge in [0.1, 0.15) is 4.38 Å². The number of nitrogens with one attached hydrogen (secondary N) is 1. The molecule has 1 aliphatic rings. The minimum atomic E-state index is -0.278. The molecular formula is C17H14Cl2N2OS2. The molecule has 1 aliphatic heterocycles. The third-order valence-electron chi connectivity index (χ3n) is 3.33. The number of anilines is 1. The van der Waals surface area contributed by atoms with Crippen LogP contribution in [0.3, 0.4) is 0 Å². The third kappa shape index (κ3) is 4.48.